The van der Waals surface area contributed by atoms with Crippen LogP contribution < -0.4 is 20.3 Å². The maximum Gasteiger partial charge on any atom is 0.258 e. The first-order valence-corrected chi connectivity index (χ1v) is 9.99. The fourth-order valence-corrected chi connectivity index (χ4v) is 3.33. The van der Waals surface area contributed by atoms with Crippen molar-refractivity contribution in [1.82, 2.24) is 9.97 Å². The van der Waals surface area contributed by atoms with Crippen LogP contribution in [0.2, 0.25) is 0 Å². The van der Waals surface area contributed by atoms with E-state index in [9.17, 15) is 14.7 Å². The number of aromatic nitrogens is 2. The Balaban J connectivity index is 1.62. The molecule has 0 saturated heterocycles. The van der Waals surface area contributed by atoms with E-state index in [0.717, 1.165) is 17.3 Å². The van der Waals surface area contributed by atoms with E-state index in [4.69, 9.17) is 9.47 Å². The predicted molar refractivity (Wildman–Crippen MR) is 115 cm³/mol. The van der Waals surface area contributed by atoms with E-state index >= 15 is 0 Å². The predicted octanol–water partition coefficient (Wildman–Crippen LogP) is 2.81. The first-order chi connectivity index (χ1) is 14.5. The topological polar surface area (TPSA) is 114 Å². The van der Waals surface area contributed by atoms with Gasteiger partial charge in [0.2, 0.25) is 11.8 Å². The molecule has 0 radical (unpaired) electrons. The number of H-pyrrole nitrogens is 1. The Labute approximate surface area is 177 Å². The van der Waals surface area contributed by atoms with Crippen molar-refractivity contribution in [1.29, 1.82) is 0 Å². The van der Waals surface area contributed by atoms with Crippen molar-refractivity contribution in [2.45, 2.75) is 11.6 Å². The average molecular weight is 427 g/mol. The Kier molecular flexibility index (Phi) is 6.97. The second-order valence-electron chi connectivity index (χ2n) is 6.27. The Morgan fingerprint density at radius 1 is 1.13 bits per heavy atom. The lowest BCUT2D eigenvalue weighted by molar-refractivity contribution is -0.113. The van der Waals surface area contributed by atoms with Crippen molar-refractivity contribution < 1.29 is 19.4 Å². The standard InChI is InChI=1S/C21H21N3O5S/c1-28-15-8-6-13(7-9-15)10-17-19(26)23-21(24-20(17)27)30-12-18(25)22-14-4-3-5-16(11-14)29-2/h3-9,11H,10,12H2,1-2H3,(H,22,25)(H2,23,24,26,27). The molecule has 0 aliphatic carbocycles. The van der Waals surface area contributed by atoms with Gasteiger partial charge in [0, 0.05) is 18.2 Å². The lowest BCUT2D eigenvalue weighted by Gasteiger charge is -2.08. The van der Waals surface area contributed by atoms with Gasteiger partial charge in [-0.25, -0.2) is 0 Å². The van der Waals surface area contributed by atoms with Gasteiger partial charge in [-0.05, 0) is 29.8 Å². The molecule has 0 spiro atoms. The number of hydrogen-bond acceptors (Lipinski definition) is 7. The van der Waals surface area contributed by atoms with Crippen LogP contribution in [-0.4, -0.2) is 41.0 Å². The van der Waals surface area contributed by atoms with Crippen molar-refractivity contribution in [2.75, 3.05) is 25.3 Å². The molecule has 0 saturated carbocycles. The van der Waals surface area contributed by atoms with Crippen LogP contribution >= 0.6 is 11.8 Å². The molecule has 0 fully saturated rings. The van der Waals surface area contributed by atoms with E-state index in [1.807, 2.05) is 12.1 Å². The van der Waals surface area contributed by atoms with Crippen LogP contribution in [0.15, 0.2) is 58.5 Å². The van der Waals surface area contributed by atoms with Gasteiger partial charge in [0.1, 0.15) is 11.5 Å². The van der Waals surface area contributed by atoms with Gasteiger partial charge in [-0.1, -0.05) is 30.0 Å². The van der Waals surface area contributed by atoms with Gasteiger partial charge in [-0.15, -0.1) is 0 Å². The number of carbonyl (C=O) groups is 1. The zero-order valence-corrected chi connectivity index (χ0v) is 17.3. The van der Waals surface area contributed by atoms with Crippen LogP contribution in [0.4, 0.5) is 5.69 Å². The summed E-state index contributed by atoms with van der Waals surface area (Å²) < 4.78 is 10.2. The van der Waals surface area contributed by atoms with E-state index in [1.54, 1.807) is 50.6 Å². The second-order valence-corrected chi connectivity index (χ2v) is 7.23. The zero-order valence-electron chi connectivity index (χ0n) is 16.5. The Bertz CT molecular complexity index is 1080. The number of ether oxygens (including phenoxy) is 2. The largest absolute Gasteiger partial charge is 0.497 e. The quantitative estimate of drug-likeness (QED) is 0.374. The molecule has 0 bridgehead atoms. The highest BCUT2D eigenvalue weighted by Gasteiger charge is 2.13. The monoisotopic (exact) mass is 427 g/mol. The molecule has 1 amide bonds. The summed E-state index contributed by atoms with van der Waals surface area (Å²) in [5.41, 5.74) is 1.13. The highest BCUT2D eigenvalue weighted by atomic mass is 32.2. The number of anilines is 1. The summed E-state index contributed by atoms with van der Waals surface area (Å²) in [6, 6.07) is 14.1. The molecule has 30 heavy (non-hydrogen) atoms. The highest BCUT2D eigenvalue weighted by Crippen LogP contribution is 2.21. The normalized spacial score (nSPS) is 10.5. The molecule has 156 valence electrons. The Morgan fingerprint density at radius 2 is 1.87 bits per heavy atom. The summed E-state index contributed by atoms with van der Waals surface area (Å²) in [7, 11) is 3.12. The number of rotatable bonds is 8. The number of amides is 1. The zero-order chi connectivity index (χ0) is 21.5. The summed E-state index contributed by atoms with van der Waals surface area (Å²) in [5.74, 6) is 0.706. The molecular formula is C21H21N3O5S. The highest BCUT2D eigenvalue weighted by molar-refractivity contribution is 7.99. The maximum absolute atomic E-state index is 12.4. The summed E-state index contributed by atoms with van der Waals surface area (Å²) >= 11 is 1.02. The van der Waals surface area contributed by atoms with Crippen LogP contribution in [0.25, 0.3) is 0 Å². The van der Waals surface area contributed by atoms with Gasteiger partial charge >= 0.3 is 0 Å². The van der Waals surface area contributed by atoms with Gasteiger partial charge in [0.15, 0.2) is 5.16 Å². The third-order valence-corrected chi connectivity index (χ3v) is 5.08. The summed E-state index contributed by atoms with van der Waals surface area (Å²) in [6.45, 7) is 0. The minimum absolute atomic E-state index is 0.0113. The number of benzene rings is 2. The molecule has 3 aromatic rings. The molecule has 1 aromatic heterocycles. The smallest absolute Gasteiger partial charge is 0.258 e. The molecule has 1 heterocycles. The van der Waals surface area contributed by atoms with Gasteiger partial charge in [0.05, 0.1) is 25.5 Å². The molecule has 0 atom stereocenters. The van der Waals surface area contributed by atoms with Crippen LogP contribution in [0.3, 0.4) is 0 Å². The van der Waals surface area contributed by atoms with Crippen LogP contribution in [0.5, 0.6) is 17.4 Å². The minimum atomic E-state index is -0.450. The lowest BCUT2D eigenvalue weighted by atomic mass is 10.1. The molecule has 0 aliphatic heterocycles. The summed E-state index contributed by atoms with van der Waals surface area (Å²) in [4.78, 5) is 31.2. The summed E-state index contributed by atoms with van der Waals surface area (Å²) in [5, 5.41) is 13.1. The number of nitrogens with zero attached hydrogens (tertiary/aromatic N) is 1. The first-order valence-electron chi connectivity index (χ1n) is 9.00. The number of nitrogens with one attached hydrogen (secondary N) is 2. The number of methoxy groups -OCH3 is 2. The Hall–Kier alpha value is -3.46. The third-order valence-electron chi connectivity index (χ3n) is 4.21. The van der Waals surface area contributed by atoms with E-state index in [2.05, 4.69) is 15.3 Å². The first kappa shape index (κ1) is 21.3. The van der Waals surface area contributed by atoms with Gasteiger partial charge in [0.25, 0.3) is 5.56 Å². The average Bonchev–Trinajstić information content (AvgIpc) is 2.75. The van der Waals surface area contributed by atoms with Crippen molar-refractivity contribution in [3.8, 4) is 17.4 Å². The third kappa shape index (κ3) is 5.54. The number of carbonyl (C=O) groups excluding carboxylic acids is 1. The second kappa shape index (κ2) is 9.84. The lowest BCUT2D eigenvalue weighted by Crippen LogP contribution is -2.17. The van der Waals surface area contributed by atoms with Gasteiger partial charge in [-0.2, -0.15) is 4.98 Å². The number of aromatic amines is 1. The maximum atomic E-state index is 12.4. The number of thioether (sulfide) groups is 1. The van der Waals surface area contributed by atoms with Crippen molar-refractivity contribution in [2.24, 2.45) is 0 Å². The van der Waals surface area contributed by atoms with Crippen molar-refractivity contribution in [3.05, 3.63) is 70.0 Å². The SMILES string of the molecule is COc1ccc(Cc2c(O)nc(SCC(=O)Nc3cccc(OC)c3)[nH]c2=O)cc1. The van der Waals surface area contributed by atoms with Crippen LogP contribution in [0, 0.1) is 0 Å². The fraction of sp³-hybridized carbons (Fsp3) is 0.190. The molecule has 3 N–H and O–H groups in total. The molecule has 0 aliphatic rings. The van der Waals surface area contributed by atoms with E-state index < -0.39 is 5.56 Å². The molecule has 8 nitrogen and oxygen atoms in total. The van der Waals surface area contributed by atoms with Crippen LogP contribution in [-0.2, 0) is 11.2 Å². The fourth-order valence-electron chi connectivity index (χ4n) is 2.67. The van der Waals surface area contributed by atoms with Gasteiger partial charge in [-0.3, -0.25) is 9.59 Å². The molecular weight excluding hydrogens is 406 g/mol. The Morgan fingerprint density at radius 3 is 2.53 bits per heavy atom. The van der Waals surface area contributed by atoms with E-state index in [1.165, 1.54) is 0 Å². The molecule has 0 unspecified atom stereocenters. The van der Waals surface area contributed by atoms with Crippen molar-refractivity contribution >= 4 is 23.4 Å². The minimum Gasteiger partial charge on any atom is -0.497 e. The van der Waals surface area contributed by atoms with E-state index in [-0.39, 0.29) is 34.7 Å². The molecule has 2 aromatic carbocycles. The van der Waals surface area contributed by atoms with E-state index in [0.29, 0.717) is 17.2 Å². The molecule has 3 rings (SSSR count). The van der Waals surface area contributed by atoms with Gasteiger partial charge < -0.3 is 24.9 Å². The molecule has 9 heteroatoms. The van der Waals surface area contributed by atoms with Crippen molar-refractivity contribution in [3.63, 3.8) is 0 Å². The number of hydrogen-bond donors (Lipinski definition) is 3. The summed E-state index contributed by atoms with van der Waals surface area (Å²) in [6.07, 6.45) is 0.222. The van der Waals surface area contributed by atoms with Crippen LogP contribution in [0.1, 0.15) is 11.1 Å². The number of aromatic hydroxyl groups is 1.